The molecule has 0 aromatic heterocycles. The number of amides is 1. The van der Waals surface area contributed by atoms with Crippen molar-refractivity contribution in [3.8, 4) is 0 Å². The molecule has 0 saturated carbocycles. The normalized spacial score (nSPS) is 18.2. The Morgan fingerprint density at radius 2 is 1.72 bits per heavy atom. The van der Waals surface area contributed by atoms with Gasteiger partial charge in [-0.05, 0) is 44.0 Å². The van der Waals surface area contributed by atoms with E-state index in [0.29, 0.717) is 19.4 Å². The van der Waals surface area contributed by atoms with E-state index in [9.17, 15) is 13.2 Å². The van der Waals surface area contributed by atoms with Crippen molar-refractivity contribution in [1.82, 2.24) is 4.31 Å². The average Bonchev–Trinajstić information content (AvgIpc) is 3.12. The van der Waals surface area contributed by atoms with E-state index < -0.39 is 16.1 Å². The minimum Gasteiger partial charge on any atom is -0.314 e. The molecule has 6 heteroatoms. The number of nitrogens with zero attached hydrogens (tertiary/aromatic N) is 2. The Morgan fingerprint density at radius 3 is 2.36 bits per heavy atom. The fraction of sp³-hybridized carbons (Fsp3) is 0.316. The fourth-order valence-electron chi connectivity index (χ4n) is 3.12. The third-order valence-corrected chi connectivity index (χ3v) is 6.51. The summed E-state index contributed by atoms with van der Waals surface area (Å²) in [7, 11) is -1.99. The van der Waals surface area contributed by atoms with Gasteiger partial charge in [0.1, 0.15) is 6.04 Å². The first-order chi connectivity index (χ1) is 11.9. The summed E-state index contributed by atoms with van der Waals surface area (Å²) in [5, 5.41) is 0. The van der Waals surface area contributed by atoms with Crippen LogP contribution in [-0.4, -0.2) is 38.3 Å². The number of anilines is 1. The summed E-state index contributed by atoms with van der Waals surface area (Å²) in [5.41, 5.74) is 1.75. The number of sulfonamides is 1. The van der Waals surface area contributed by atoms with E-state index in [1.807, 2.05) is 37.3 Å². The number of likely N-dealkylation sites (N-methyl/N-ethyl adjacent to an activating group) is 1. The minimum atomic E-state index is -3.68. The lowest BCUT2D eigenvalue weighted by Crippen LogP contribution is -2.46. The molecule has 132 valence electrons. The number of hydrogen-bond donors (Lipinski definition) is 0. The van der Waals surface area contributed by atoms with Gasteiger partial charge in [0.15, 0.2) is 0 Å². The molecule has 2 aromatic rings. The van der Waals surface area contributed by atoms with Crippen LogP contribution in [0.2, 0.25) is 0 Å². The average molecular weight is 358 g/mol. The van der Waals surface area contributed by atoms with E-state index in [2.05, 4.69) is 0 Å². The van der Waals surface area contributed by atoms with Crippen LogP contribution in [0.3, 0.4) is 0 Å². The SMILES string of the molecule is Cc1ccc(S(=O)(=O)N2CCC[C@@H]2C(=O)N(C)c2ccccc2)cc1. The summed E-state index contributed by atoms with van der Waals surface area (Å²) >= 11 is 0. The Morgan fingerprint density at radius 1 is 1.08 bits per heavy atom. The Bertz CT molecular complexity index is 848. The predicted molar refractivity (Wildman–Crippen MR) is 97.9 cm³/mol. The number of rotatable bonds is 4. The maximum atomic E-state index is 13.0. The highest BCUT2D eigenvalue weighted by molar-refractivity contribution is 7.89. The largest absolute Gasteiger partial charge is 0.314 e. The zero-order chi connectivity index (χ0) is 18.0. The standard InChI is InChI=1S/C19H22N2O3S/c1-15-10-12-17(13-11-15)25(23,24)21-14-6-9-18(21)19(22)20(2)16-7-4-3-5-8-16/h3-5,7-8,10-13,18H,6,9,14H2,1-2H3/t18-/m1/s1. The molecule has 1 amide bonds. The lowest BCUT2D eigenvalue weighted by molar-refractivity contribution is -0.121. The van der Waals surface area contributed by atoms with Gasteiger partial charge in [-0.15, -0.1) is 0 Å². The molecule has 0 radical (unpaired) electrons. The molecular formula is C19H22N2O3S. The maximum Gasteiger partial charge on any atom is 0.245 e. The molecule has 3 rings (SSSR count). The summed E-state index contributed by atoms with van der Waals surface area (Å²) < 4.78 is 27.3. The molecular weight excluding hydrogens is 336 g/mol. The Balaban J connectivity index is 1.87. The molecule has 2 aromatic carbocycles. The predicted octanol–water partition coefficient (Wildman–Crippen LogP) is 2.81. The van der Waals surface area contributed by atoms with E-state index in [-0.39, 0.29) is 10.8 Å². The zero-order valence-electron chi connectivity index (χ0n) is 14.4. The highest BCUT2D eigenvalue weighted by atomic mass is 32.2. The van der Waals surface area contributed by atoms with Crippen LogP contribution >= 0.6 is 0 Å². The molecule has 0 bridgehead atoms. The monoisotopic (exact) mass is 358 g/mol. The number of hydrogen-bond acceptors (Lipinski definition) is 3. The second-order valence-electron chi connectivity index (χ2n) is 6.32. The first-order valence-corrected chi connectivity index (χ1v) is 9.76. The third kappa shape index (κ3) is 3.45. The van der Waals surface area contributed by atoms with Crippen molar-refractivity contribution in [2.75, 3.05) is 18.5 Å². The van der Waals surface area contributed by atoms with Crippen LogP contribution in [0.5, 0.6) is 0 Å². The van der Waals surface area contributed by atoms with Crippen molar-refractivity contribution in [2.24, 2.45) is 0 Å². The van der Waals surface area contributed by atoms with Crippen LogP contribution in [0, 0.1) is 6.92 Å². The first-order valence-electron chi connectivity index (χ1n) is 8.32. The summed E-state index contributed by atoms with van der Waals surface area (Å²) in [6.07, 6.45) is 1.23. The number of para-hydroxylation sites is 1. The molecule has 5 nitrogen and oxygen atoms in total. The van der Waals surface area contributed by atoms with Gasteiger partial charge in [0.25, 0.3) is 0 Å². The molecule has 0 spiro atoms. The Kier molecular flexibility index (Phi) is 4.92. The van der Waals surface area contributed by atoms with Crippen LogP contribution in [0.4, 0.5) is 5.69 Å². The summed E-state index contributed by atoms with van der Waals surface area (Å²) in [5.74, 6) is -0.195. The van der Waals surface area contributed by atoms with Crippen molar-refractivity contribution in [3.05, 3.63) is 60.2 Å². The van der Waals surface area contributed by atoms with E-state index in [0.717, 1.165) is 11.3 Å². The van der Waals surface area contributed by atoms with E-state index >= 15 is 0 Å². The maximum absolute atomic E-state index is 13.0. The fourth-order valence-corrected chi connectivity index (χ4v) is 4.77. The second-order valence-corrected chi connectivity index (χ2v) is 8.21. The third-order valence-electron chi connectivity index (χ3n) is 4.59. The van der Waals surface area contributed by atoms with Gasteiger partial charge in [0.2, 0.25) is 15.9 Å². The van der Waals surface area contributed by atoms with E-state index in [1.165, 1.54) is 9.21 Å². The lowest BCUT2D eigenvalue weighted by Gasteiger charge is -2.27. The highest BCUT2D eigenvalue weighted by Gasteiger charge is 2.40. The van der Waals surface area contributed by atoms with Crippen LogP contribution < -0.4 is 4.90 Å². The summed E-state index contributed by atoms with van der Waals surface area (Å²) in [4.78, 5) is 14.7. The van der Waals surface area contributed by atoms with Gasteiger partial charge >= 0.3 is 0 Å². The van der Waals surface area contributed by atoms with E-state index in [4.69, 9.17) is 0 Å². The van der Waals surface area contributed by atoms with Gasteiger partial charge in [-0.2, -0.15) is 4.31 Å². The van der Waals surface area contributed by atoms with Crippen molar-refractivity contribution in [2.45, 2.75) is 30.7 Å². The topological polar surface area (TPSA) is 57.7 Å². The Hall–Kier alpha value is -2.18. The van der Waals surface area contributed by atoms with Gasteiger partial charge in [-0.3, -0.25) is 4.79 Å². The Labute approximate surface area is 148 Å². The van der Waals surface area contributed by atoms with Gasteiger partial charge < -0.3 is 4.90 Å². The van der Waals surface area contributed by atoms with Gasteiger partial charge in [0.05, 0.1) is 4.90 Å². The van der Waals surface area contributed by atoms with Crippen molar-refractivity contribution >= 4 is 21.6 Å². The number of carbonyl (C=O) groups excluding carboxylic acids is 1. The molecule has 0 unspecified atom stereocenters. The van der Waals surface area contributed by atoms with Crippen molar-refractivity contribution < 1.29 is 13.2 Å². The molecule has 1 fully saturated rings. The number of carbonyl (C=O) groups is 1. The van der Waals surface area contributed by atoms with Crippen LogP contribution in [0.25, 0.3) is 0 Å². The quantitative estimate of drug-likeness (QED) is 0.844. The molecule has 25 heavy (non-hydrogen) atoms. The molecule has 1 atom stereocenters. The molecule has 1 saturated heterocycles. The van der Waals surface area contributed by atoms with Gasteiger partial charge in [0, 0.05) is 19.3 Å². The van der Waals surface area contributed by atoms with Crippen LogP contribution in [0.1, 0.15) is 18.4 Å². The summed E-state index contributed by atoms with van der Waals surface area (Å²) in [6.45, 7) is 2.28. The second kappa shape index (κ2) is 6.98. The van der Waals surface area contributed by atoms with Crippen LogP contribution in [-0.2, 0) is 14.8 Å². The van der Waals surface area contributed by atoms with Gasteiger partial charge in [-0.1, -0.05) is 35.9 Å². The number of benzene rings is 2. The zero-order valence-corrected chi connectivity index (χ0v) is 15.2. The van der Waals surface area contributed by atoms with Crippen molar-refractivity contribution in [3.63, 3.8) is 0 Å². The summed E-state index contributed by atoms with van der Waals surface area (Å²) in [6, 6.07) is 15.4. The van der Waals surface area contributed by atoms with Crippen LogP contribution in [0.15, 0.2) is 59.5 Å². The smallest absolute Gasteiger partial charge is 0.245 e. The highest BCUT2D eigenvalue weighted by Crippen LogP contribution is 2.28. The van der Waals surface area contributed by atoms with Gasteiger partial charge in [-0.25, -0.2) is 8.42 Å². The van der Waals surface area contributed by atoms with E-state index in [1.54, 1.807) is 31.3 Å². The molecule has 0 aliphatic carbocycles. The lowest BCUT2D eigenvalue weighted by atomic mass is 10.2. The minimum absolute atomic E-state index is 0.195. The van der Waals surface area contributed by atoms with Crippen molar-refractivity contribution in [1.29, 1.82) is 0 Å². The molecule has 1 aliphatic heterocycles. The molecule has 0 N–H and O–H groups in total. The number of aryl methyl sites for hydroxylation is 1. The molecule has 1 heterocycles. The molecule has 1 aliphatic rings. The first kappa shape index (κ1) is 17.6.